The molecule has 0 fully saturated rings. The Labute approximate surface area is 89.6 Å². The van der Waals surface area contributed by atoms with E-state index in [2.05, 4.69) is 0 Å². The lowest BCUT2D eigenvalue weighted by molar-refractivity contribution is 0.337. The molecule has 0 saturated heterocycles. The van der Waals surface area contributed by atoms with Gasteiger partial charge < -0.3 is 10.5 Å². The van der Waals surface area contributed by atoms with Crippen LogP contribution in [0.25, 0.3) is 0 Å². The summed E-state index contributed by atoms with van der Waals surface area (Å²) >= 11 is 0. The van der Waals surface area contributed by atoms with Gasteiger partial charge in [-0.2, -0.15) is 0 Å². The van der Waals surface area contributed by atoms with Gasteiger partial charge in [-0.25, -0.2) is 4.39 Å². The van der Waals surface area contributed by atoms with E-state index in [-0.39, 0.29) is 18.1 Å². The molecule has 2 nitrogen and oxygen atoms in total. The maximum atomic E-state index is 13.4. The van der Waals surface area contributed by atoms with Gasteiger partial charge in [0.2, 0.25) is 0 Å². The van der Waals surface area contributed by atoms with Crippen LogP contribution in [0.15, 0.2) is 29.8 Å². The highest BCUT2D eigenvalue weighted by atomic mass is 19.1. The molecule has 1 aromatic rings. The molecule has 0 aromatic heterocycles. The van der Waals surface area contributed by atoms with Crippen molar-refractivity contribution in [1.29, 1.82) is 0 Å². The molecule has 0 aliphatic carbocycles. The van der Waals surface area contributed by atoms with Crippen LogP contribution in [0.5, 0.6) is 5.75 Å². The van der Waals surface area contributed by atoms with Gasteiger partial charge in [0.15, 0.2) is 11.6 Å². The predicted molar refractivity (Wildman–Crippen MR) is 59.2 cm³/mol. The average molecular weight is 209 g/mol. The molecule has 82 valence electrons. The fraction of sp³-hybridized carbons (Fsp3) is 0.333. The highest BCUT2D eigenvalue weighted by Gasteiger charge is 2.07. The molecule has 0 bridgehead atoms. The van der Waals surface area contributed by atoms with E-state index in [0.717, 1.165) is 5.57 Å². The topological polar surface area (TPSA) is 35.2 Å². The molecule has 0 aliphatic rings. The molecule has 15 heavy (non-hydrogen) atoms. The summed E-state index contributed by atoms with van der Waals surface area (Å²) < 4.78 is 18.7. The zero-order valence-corrected chi connectivity index (χ0v) is 9.09. The van der Waals surface area contributed by atoms with E-state index in [9.17, 15) is 4.39 Å². The minimum Gasteiger partial charge on any atom is -0.486 e. The number of hydrogen-bond acceptors (Lipinski definition) is 2. The summed E-state index contributed by atoms with van der Waals surface area (Å²) in [7, 11) is 0. The lowest BCUT2D eigenvalue weighted by atomic mass is 10.2. The highest BCUT2D eigenvalue weighted by molar-refractivity contribution is 5.34. The Morgan fingerprint density at radius 1 is 1.47 bits per heavy atom. The first kappa shape index (κ1) is 11.7. The number of ether oxygens (including phenoxy) is 1. The molecule has 1 rings (SSSR count). The Morgan fingerprint density at radius 3 is 2.80 bits per heavy atom. The van der Waals surface area contributed by atoms with E-state index >= 15 is 0 Å². The first-order valence-electron chi connectivity index (χ1n) is 4.88. The Hall–Kier alpha value is -1.35. The molecule has 3 heteroatoms. The van der Waals surface area contributed by atoms with E-state index in [0.29, 0.717) is 12.2 Å². The third kappa shape index (κ3) is 3.36. The predicted octanol–water partition coefficient (Wildman–Crippen LogP) is 2.63. The van der Waals surface area contributed by atoms with Crippen LogP contribution in [-0.4, -0.2) is 6.61 Å². The second kappa shape index (κ2) is 5.51. The van der Waals surface area contributed by atoms with Gasteiger partial charge in [-0.05, 0) is 26.0 Å². The van der Waals surface area contributed by atoms with Crippen molar-refractivity contribution < 1.29 is 9.13 Å². The minimum absolute atomic E-state index is 0.262. The molecule has 1 aromatic carbocycles. The zero-order valence-electron chi connectivity index (χ0n) is 9.09. The molecular formula is C12H16FNO. The van der Waals surface area contributed by atoms with Gasteiger partial charge in [-0.1, -0.05) is 17.7 Å². The number of rotatable bonds is 4. The number of benzene rings is 1. The van der Waals surface area contributed by atoms with Crippen LogP contribution >= 0.6 is 0 Å². The smallest absolute Gasteiger partial charge is 0.165 e. The lowest BCUT2D eigenvalue weighted by Crippen LogP contribution is -2.04. The maximum absolute atomic E-state index is 13.4. The fourth-order valence-electron chi connectivity index (χ4n) is 1.17. The average Bonchev–Trinajstić information content (AvgIpc) is 2.20. The summed E-state index contributed by atoms with van der Waals surface area (Å²) in [5.74, 6) is -0.0994. The van der Waals surface area contributed by atoms with Crippen molar-refractivity contribution in [3.05, 3.63) is 41.2 Å². The molecular weight excluding hydrogens is 193 g/mol. The molecule has 0 aliphatic heterocycles. The summed E-state index contributed by atoms with van der Waals surface area (Å²) in [6, 6.07) is 4.77. The number of nitrogens with two attached hydrogens (primary N) is 1. The van der Waals surface area contributed by atoms with Crippen molar-refractivity contribution in [3.63, 3.8) is 0 Å². The summed E-state index contributed by atoms with van der Waals surface area (Å²) in [5, 5.41) is 0. The van der Waals surface area contributed by atoms with Crippen molar-refractivity contribution in [3.8, 4) is 5.75 Å². The van der Waals surface area contributed by atoms with Crippen molar-refractivity contribution in [2.45, 2.75) is 20.4 Å². The van der Waals surface area contributed by atoms with Crippen molar-refractivity contribution in [2.75, 3.05) is 6.61 Å². The number of allylic oxidation sites excluding steroid dienone is 1. The molecule has 0 unspecified atom stereocenters. The fourth-order valence-corrected chi connectivity index (χ4v) is 1.17. The van der Waals surface area contributed by atoms with Gasteiger partial charge in [0, 0.05) is 12.1 Å². The van der Waals surface area contributed by atoms with E-state index in [1.165, 1.54) is 6.07 Å². The van der Waals surface area contributed by atoms with Gasteiger partial charge >= 0.3 is 0 Å². The maximum Gasteiger partial charge on any atom is 0.165 e. The molecule has 0 radical (unpaired) electrons. The van der Waals surface area contributed by atoms with Crippen LogP contribution in [0, 0.1) is 5.82 Å². The van der Waals surface area contributed by atoms with Crippen LogP contribution in [0.3, 0.4) is 0 Å². The van der Waals surface area contributed by atoms with Gasteiger partial charge in [-0.3, -0.25) is 0 Å². The van der Waals surface area contributed by atoms with E-state index < -0.39 is 0 Å². The Balaban J connectivity index is 2.79. The van der Waals surface area contributed by atoms with E-state index in [4.69, 9.17) is 10.5 Å². The SMILES string of the molecule is CC(C)=CCOc1c(F)cccc1CN. The number of halogens is 1. The normalized spacial score (nSPS) is 9.87. The highest BCUT2D eigenvalue weighted by Crippen LogP contribution is 2.22. The van der Waals surface area contributed by atoms with Crippen LogP contribution in [0.4, 0.5) is 4.39 Å². The Bertz CT molecular complexity index is 357. The molecule has 0 atom stereocenters. The molecule has 0 amide bonds. The minimum atomic E-state index is -0.361. The first-order chi connectivity index (χ1) is 7.15. The molecule has 0 spiro atoms. The van der Waals surface area contributed by atoms with E-state index in [1.54, 1.807) is 12.1 Å². The third-order valence-electron chi connectivity index (χ3n) is 1.99. The standard InChI is InChI=1S/C12H16FNO/c1-9(2)6-7-15-12-10(8-14)4-3-5-11(12)13/h3-6H,7-8,14H2,1-2H3. The summed E-state index contributed by atoms with van der Waals surface area (Å²) in [6.07, 6.45) is 1.90. The summed E-state index contributed by atoms with van der Waals surface area (Å²) in [5.41, 5.74) is 7.32. The van der Waals surface area contributed by atoms with Gasteiger partial charge in [-0.15, -0.1) is 0 Å². The zero-order chi connectivity index (χ0) is 11.3. The molecule has 0 saturated carbocycles. The summed E-state index contributed by atoms with van der Waals surface area (Å²) in [4.78, 5) is 0. The van der Waals surface area contributed by atoms with Crippen LogP contribution in [0.1, 0.15) is 19.4 Å². The van der Waals surface area contributed by atoms with Crippen LogP contribution < -0.4 is 10.5 Å². The van der Waals surface area contributed by atoms with Gasteiger partial charge in [0.25, 0.3) is 0 Å². The molecule has 0 heterocycles. The van der Waals surface area contributed by atoms with Crippen LogP contribution in [-0.2, 0) is 6.54 Å². The quantitative estimate of drug-likeness (QED) is 0.774. The lowest BCUT2D eigenvalue weighted by Gasteiger charge is -2.09. The second-order valence-corrected chi connectivity index (χ2v) is 3.52. The molecule has 2 N–H and O–H groups in total. The third-order valence-corrected chi connectivity index (χ3v) is 1.99. The van der Waals surface area contributed by atoms with E-state index in [1.807, 2.05) is 19.9 Å². The summed E-state index contributed by atoms with van der Waals surface area (Å²) in [6.45, 7) is 4.58. The number of para-hydroxylation sites is 1. The van der Waals surface area contributed by atoms with Crippen molar-refractivity contribution >= 4 is 0 Å². The van der Waals surface area contributed by atoms with Crippen molar-refractivity contribution in [1.82, 2.24) is 0 Å². The van der Waals surface area contributed by atoms with Crippen LogP contribution in [0.2, 0.25) is 0 Å². The van der Waals surface area contributed by atoms with Gasteiger partial charge in [0.1, 0.15) is 6.61 Å². The largest absolute Gasteiger partial charge is 0.486 e. The Kier molecular flexibility index (Phi) is 4.31. The van der Waals surface area contributed by atoms with Crippen molar-refractivity contribution in [2.24, 2.45) is 5.73 Å². The first-order valence-corrected chi connectivity index (χ1v) is 4.88. The number of hydrogen-bond donors (Lipinski definition) is 1. The monoisotopic (exact) mass is 209 g/mol. The second-order valence-electron chi connectivity index (χ2n) is 3.52. The Morgan fingerprint density at radius 2 is 2.20 bits per heavy atom. The van der Waals surface area contributed by atoms with Gasteiger partial charge in [0.05, 0.1) is 0 Å².